The van der Waals surface area contributed by atoms with E-state index in [1.807, 2.05) is 17.9 Å². The van der Waals surface area contributed by atoms with Crippen LogP contribution in [0.5, 0.6) is 0 Å². The molecular weight excluding hydrogens is 400 g/mol. The minimum absolute atomic E-state index is 0.0845. The van der Waals surface area contributed by atoms with Crippen molar-refractivity contribution in [3.63, 3.8) is 0 Å². The first-order valence-electron chi connectivity index (χ1n) is 11.9. The number of rotatable bonds is 5. The van der Waals surface area contributed by atoms with Crippen LogP contribution in [0.25, 0.3) is 0 Å². The third kappa shape index (κ3) is 5.04. The molecule has 0 spiro atoms. The van der Waals surface area contributed by atoms with Crippen LogP contribution in [-0.2, 0) is 4.79 Å². The number of carbonyl (C=O) groups is 1. The molecule has 2 fully saturated rings. The SMILES string of the molecule is Cc1cc(N2CCN(C(C)C(=O)N3CCN(c4ccccc4)CC3)CC2)nc(C(C)C)n1. The van der Waals surface area contributed by atoms with Crippen LogP contribution in [-0.4, -0.2) is 84.1 Å². The third-order valence-corrected chi connectivity index (χ3v) is 6.63. The summed E-state index contributed by atoms with van der Waals surface area (Å²) in [4.78, 5) is 31.6. The number of hydrogen-bond acceptors (Lipinski definition) is 6. The van der Waals surface area contributed by atoms with E-state index in [4.69, 9.17) is 4.98 Å². The van der Waals surface area contributed by atoms with Gasteiger partial charge < -0.3 is 14.7 Å². The number of carbonyl (C=O) groups excluding carboxylic acids is 1. The molecule has 0 bridgehead atoms. The summed E-state index contributed by atoms with van der Waals surface area (Å²) in [7, 11) is 0. The van der Waals surface area contributed by atoms with Crippen LogP contribution >= 0.6 is 0 Å². The number of para-hydroxylation sites is 1. The van der Waals surface area contributed by atoms with E-state index in [0.29, 0.717) is 5.92 Å². The van der Waals surface area contributed by atoms with Gasteiger partial charge in [0.25, 0.3) is 0 Å². The molecule has 0 aliphatic carbocycles. The summed E-state index contributed by atoms with van der Waals surface area (Å²) in [5.74, 6) is 2.48. The first-order valence-corrected chi connectivity index (χ1v) is 11.9. The standard InChI is InChI=1S/C25H36N6O/c1-19(2)24-26-20(3)18-23(27-24)30-14-10-28(11-15-30)21(4)25(32)31-16-12-29(13-17-31)22-8-6-5-7-9-22/h5-9,18-19,21H,10-17H2,1-4H3. The Hall–Kier alpha value is -2.67. The predicted molar refractivity (Wildman–Crippen MR) is 129 cm³/mol. The van der Waals surface area contributed by atoms with E-state index in [2.05, 4.69) is 70.8 Å². The summed E-state index contributed by atoms with van der Waals surface area (Å²) < 4.78 is 0. The lowest BCUT2D eigenvalue weighted by atomic mass is 10.1. The lowest BCUT2D eigenvalue weighted by Gasteiger charge is -2.41. The van der Waals surface area contributed by atoms with Gasteiger partial charge in [-0.3, -0.25) is 9.69 Å². The Kier molecular flexibility index (Phi) is 6.94. The molecule has 32 heavy (non-hydrogen) atoms. The zero-order valence-corrected chi connectivity index (χ0v) is 19.9. The number of piperazine rings is 2. The van der Waals surface area contributed by atoms with E-state index >= 15 is 0 Å². The summed E-state index contributed by atoms with van der Waals surface area (Å²) in [6, 6.07) is 12.5. The molecule has 1 amide bonds. The van der Waals surface area contributed by atoms with Crippen molar-refractivity contribution < 1.29 is 4.79 Å². The number of benzene rings is 1. The minimum Gasteiger partial charge on any atom is -0.368 e. The van der Waals surface area contributed by atoms with E-state index in [0.717, 1.165) is 69.7 Å². The molecule has 7 nitrogen and oxygen atoms in total. The molecule has 1 unspecified atom stereocenters. The largest absolute Gasteiger partial charge is 0.368 e. The third-order valence-electron chi connectivity index (χ3n) is 6.63. The smallest absolute Gasteiger partial charge is 0.239 e. The van der Waals surface area contributed by atoms with Gasteiger partial charge in [-0.2, -0.15) is 0 Å². The molecule has 0 radical (unpaired) electrons. The van der Waals surface area contributed by atoms with Crippen molar-refractivity contribution in [1.82, 2.24) is 19.8 Å². The number of amides is 1. The zero-order chi connectivity index (χ0) is 22.7. The fourth-order valence-electron chi connectivity index (χ4n) is 4.58. The number of nitrogens with zero attached hydrogens (tertiary/aromatic N) is 6. The van der Waals surface area contributed by atoms with Crippen molar-refractivity contribution in [2.75, 3.05) is 62.2 Å². The van der Waals surface area contributed by atoms with Gasteiger partial charge in [-0.25, -0.2) is 9.97 Å². The highest BCUT2D eigenvalue weighted by Gasteiger charge is 2.31. The topological polar surface area (TPSA) is 55.8 Å². The van der Waals surface area contributed by atoms with E-state index in [1.54, 1.807) is 0 Å². The lowest BCUT2D eigenvalue weighted by Crippen LogP contribution is -2.57. The van der Waals surface area contributed by atoms with Crippen LogP contribution in [0.1, 0.15) is 38.2 Å². The van der Waals surface area contributed by atoms with Crippen molar-refractivity contribution in [2.45, 2.75) is 39.7 Å². The second kappa shape index (κ2) is 9.86. The number of aryl methyl sites for hydroxylation is 1. The summed E-state index contributed by atoms with van der Waals surface area (Å²) >= 11 is 0. The normalized spacial score (nSPS) is 18.8. The van der Waals surface area contributed by atoms with Crippen molar-refractivity contribution in [2.24, 2.45) is 0 Å². The molecule has 2 aliphatic heterocycles. The monoisotopic (exact) mass is 436 g/mol. The van der Waals surface area contributed by atoms with E-state index < -0.39 is 0 Å². The second-order valence-corrected chi connectivity index (χ2v) is 9.23. The molecule has 7 heteroatoms. The van der Waals surface area contributed by atoms with E-state index in [-0.39, 0.29) is 11.9 Å². The Morgan fingerprint density at radius 1 is 0.844 bits per heavy atom. The van der Waals surface area contributed by atoms with Gasteiger partial charge in [-0.05, 0) is 26.0 Å². The van der Waals surface area contributed by atoms with E-state index in [9.17, 15) is 4.79 Å². The molecule has 172 valence electrons. The maximum absolute atomic E-state index is 13.2. The van der Waals surface area contributed by atoms with Gasteiger partial charge in [0.15, 0.2) is 0 Å². The molecule has 2 saturated heterocycles. The van der Waals surface area contributed by atoms with Crippen molar-refractivity contribution in [3.8, 4) is 0 Å². The Morgan fingerprint density at radius 2 is 1.47 bits per heavy atom. The molecule has 2 aliphatic rings. The molecule has 2 aromatic rings. The average Bonchev–Trinajstić information content (AvgIpc) is 2.83. The van der Waals surface area contributed by atoms with Crippen molar-refractivity contribution in [1.29, 1.82) is 0 Å². The maximum Gasteiger partial charge on any atom is 0.239 e. The molecule has 1 atom stereocenters. The second-order valence-electron chi connectivity index (χ2n) is 9.23. The molecule has 4 rings (SSSR count). The molecule has 0 saturated carbocycles. The average molecular weight is 437 g/mol. The highest BCUT2D eigenvalue weighted by atomic mass is 16.2. The molecule has 3 heterocycles. The van der Waals surface area contributed by atoms with Gasteiger partial charge in [0.05, 0.1) is 6.04 Å². The fraction of sp³-hybridized carbons (Fsp3) is 0.560. The first-order chi connectivity index (χ1) is 15.4. The van der Waals surface area contributed by atoms with Crippen molar-refractivity contribution in [3.05, 3.63) is 47.9 Å². The Morgan fingerprint density at radius 3 is 2.09 bits per heavy atom. The van der Waals surface area contributed by atoms with Gasteiger partial charge in [0.2, 0.25) is 5.91 Å². The lowest BCUT2D eigenvalue weighted by molar-refractivity contribution is -0.136. The molecule has 1 aromatic carbocycles. The van der Waals surface area contributed by atoms with E-state index in [1.165, 1.54) is 5.69 Å². The quantitative estimate of drug-likeness (QED) is 0.719. The Balaban J connectivity index is 1.30. The summed E-state index contributed by atoms with van der Waals surface area (Å²) in [6.07, 6.45) is 0. The fourth-order valence-corrected chi connectivity index (χ4v) is 4.58. The van der Waals surface area contributed by atoms with Crippen LogP contribution in [0.3, 0.4) is 0 Å². The highest BCUT2D eigenvalue weighted by molar-refractivity contribution is 5.81. The van der Waals surface area contributed by atoms with Gasteiger partial charge >= 0.3 is 0 Å². The summed E-state index contributed by atoms with van der Waals surface area (Å²) in [5, 5.41) is 0. The van der Waals surface area contributed by atoms with Gasteiger partial charge in [0.1, 0.15) is 11.6 Å². The Labute approximate surface area is 192 Å². The predicted octanol–water partition coefficient (Wildman–Crippen LogP) is 2.77. The molecule has 0 N–H and O–H groups in total. The van der Waals surface area contributed by atoms with Crippen LogP contribution in [0.2, 0.25) is 0 Å². The van der Waals surface area contributed by atoms with Gasteiger partial charge in [0, 0.05) is 75.7 Å². The van der Waals surface area contributed by atoms with Crippen LogP contribution < -0.4 is 9.80 Å². The summed E-state index contributed by atoms with van der Waals surface area (Å²) in [6.45, 7) is 15.2. The Bertz CT molecular complexity index is 902. The summed E-state index contributed by atoms with van der Waals surface area (Å²) in [5.41, 5.74) is 2.25. The van der Waals surface area contributed by atoms with Crippen LogP contribution in [0.15, 0.2) is 36.4 Å². The molecule has 1 aromatic heterocycles. The van der Waals surface area contributed by atoms with Gasteiger partial charge in [-0.15, -0.1) is 0 Å². The van der Waals surface area contributed by atoms with Crippen LogP contribution in [0.4, 0.5) is 11.5 Å². The zero-order valence-electron chi connectivity index (χ0n) is 19.9. The number of aromatic nitrogens is 2. The van der Waals surface area contributed by atoms with Crippen molar-refractivity contribution >= 4 is 17.4 Å². The maximum atomic E-state index is 13.2. The highest BCUT2D eigenvalue weighted by Crippen LogP contribution is 2.20. The number of hydrogen-bond donors (Lipinski definition) is 0. The number of anilines is 2. The van der Waals surface area contributed by atoms with Gasteiger partial charge in [-0.1, -0.05) is 32.0 Å². The first kappa shape index (κ1) is 22.5. The van der Waals surface area contributed by atoms with Crippen LogP contribution in [0, 0.1) is 6.92 Å². The minimum atomic E-state index is -0.0845. The molecular formula is C25H36N6O.